The fourth-order valence-corrected chi connectivity index (χ4v) is 9.00. The van der Waals surface area contributed by atoms with Crippen molar-refractivity contribution in [2.24, 2.45) is 17.8 Å². The van der Waals surface area contributed by atoms with Gasteiger partial charge in [-0.1, -0.05) is 41.4 Å². The molecular weight excluding hydrogens is 727 g/mol. The number of alkyl halides is 5. The van der Waals surface area contributed by atoms with Crippen LogP contribution in [0.5, 0.6) is 5.75 Å². The van der Waals surface area contributed by atoms with E-state index in [4.69, 9.17) is 34.8 Å². The molecule has 1 saturated carbocycles. The fraction of sp³-hybridized carbons (Fsp3) is 0.324. The van der Waals surface area contributed by atoms with Crippen molar-refractivity contribution in [1.82, 2.24) is 9.99 Å². The molecule has 7 rings (SSSR count). The van der Waals surface area contributed by atoms with Gasteiger partial charge in [0.1, 0.15) is 17.3 Å². The molecule has 6 atom stereocenters. The van der Waals surface area contributed by atoms with Gasteiger partial charge >= 0.3 is 6.18 Å². The number of amides is 4. The molecule has 1 N–H and O–H groups in total. The van der Waals surface area contributed by atoms with E-state index in [0.717, 1.165) is 28.1 Å². The number of imide groups is 2. The summed E-state index contributed by atoms with van der Waals surface area (Å²) in [6.45, 7) is 1.62. The lowest BCUT2D eigenvalue weighted by Gasteiger charge is -2.50. The van der Waals surface area contributed by atoms with Crippen LogP contribution in [0.25, 0.3) is 0 Å². The second-order valence-corrected chi connectivity index (χ2v) is 14.4. The van der Waals surface area contributed by atoms with Gasteiger partial charge in [-0.15, -0.1) is 23.2 Å². The number of rotatable bonds is 4. The average Bonchev–Trinajstić information content (AvgIpc) is 3.40. The van der Waals surface area contributed by atoms with Crippen LogP contribution in [-0.4, -0.2) is 55.5 Å². The van der Waals surface area contributed by atoms with E-state index >= 15 is 0 Å². The molecule has 2 saturated heterocycles. The number of nitrogens with zero attached hydrogens (tertiary/aromatic N) is 4. The molecule has 9 nitrogen and oxygen atoms in total. The first-order valence-corrected chi connectivity index (χ1v) is 16.4. The number of hydrazine groups is 1. The van der Waals surface area contributed by atoms with Gasteiger partial charge in [0.25, 0.3) is 23.6 Å². The van der Waals surface area contributed by atoms with Crippen molar-refractivity contribution in [2.45, 2.75) is 41.6 Å². The highest BCUT2D eigenvalue weighted by atomic mass is 35.5. The summed E-state index contributed by atoms with van der Waals surface area (Å²) >= 11 is 20.8. The number of carbonyl (C=O) groups excluding carboxylic acids is 4. The summed E-state index contributed by atoms with van der Waals surface area (Å²) in [7, 11) is 1.18. The van der Waals surface area contributed by atoms with E-state index in [1.165, 1.54) is 25.2 Å². The van der Waals surface area contributed by atoms with E-state index in [9.17, 15) is 41.8 Å². The average molecular weight is 752 g/mol. The Bertz CT molecular complexity index is 2050. The first-order valence-electron chi connectivity index (χ1n) is 15.3. The number of pyridine rings is 1. The fourth-order valence-electron chi connectivity index (χ4n) is 7.85. The molecule has 2 aromatic carbocycles. The van der Waals surface area contributed by atoms with Crippen LogP contribution < -0.4 is 9.91 Å². The molecule has 3 aromatic rings. The molecule has 3 fully saturated rings. The minimum Gasteiger partial charge on any atom is -0.507 e. The van der Waals surface area contributed by atoms with Gasteiger partial charge < -0.3 is 5.11 Å². The number of phenolic OH excluding ortho intramolecular Hbond substituents is 1. The van der Waals surface area contributed by atoms with Gasteiger partial charge in [-0.05, 0) is 67.6 Å². The summed E-state index contributed by atoms with van der Waals surface area (Å²) in [6, 6.07) is 10.9. The number of phenols is 1. The van der Waals surface area contributed by atoms with Crippen LogP contribution in [0.15, 0.2) is 66.2 Å². The number of aryl methyl sites for hydroxylation is 1. The maximum atomic E-state index is 14.4. The Morgan fingerprint density at radius 2 is 1.64 bits per heavy atom. The Morgan fingerprint density at radius 3 is 2.30 bits per heavy atom. The van der Waals surface area contributed by atoms with Crippen molar-refractivity contribution in [1.29, 1.82) is 0 Å². The van der Waals surface area contributed by atoms with Gasteiger partial charge in [0.15, 0.2) is 15.6 Å². The summed E-state index contributed by atoms with van der Waals surface area (Å²) in [5.41, 5.74) is -0.372. The van der Waals surface area contributed by atoms with Gasteiger partial charge in [0.2, 0.25) is 0 Å². The number of benzene rings is 2. The molecule has 2 aliphatic carbocycles. The van der Waals surface area contributed by atoms with Gasteiger partial charge in [-0.25, -0.2) is 14.3 Å². The Kier molecular flexibility index (Phi) is 7.82. The number of hydrogen-bond donors (Lipinski definition) is 1. The zero-order chi connectivity index (χ0) is 36.2. The first-order chi connectivity index (χ1) is 23.4. The van der Waals surface area contributed by atoms with Crippen LogP contribution in [-0.2, 0) is 25.4 Å². The molecule has 3 heterocycles. The van der Waals surface area contributed by atoms with E-state index in [-0.39, 0.29) is 28.4 Å². The summed E-state index contributed by atoms with van der Waals surface area (Å²) in [4.78, 5) is 56.9. The summed E-state index contributed by atoms with van der Waals surface area (Å²) in [5.74, 6) is -9.37. The monoisotopic (exact) mass is 750 g/mol. The highest BCUT2D eigenvalue weighted by molar-refractivity contribution is 6.58. The number of hydrogen-bond acceptors (Lipinski definition) is 7. The SMILES string of the molecule is Cc1cccc([C@H]2C3=CC[C@@H]4C(=O)N(N(C)c5nc(C(F)(F)F)ccc5Cl)C(=O)[C@@H]4[C@@H]3C[C@@]3(Cl)C(=O)N(c4ccc(F)cc4)C(=O)[C@@]23Cl)c1O. The molecule has 0 radical (unpaired) electrons. The van der Waals surface area contributed by atoms with Crippen LogP contribution in [0, 0.1) is 30.5 Å². The third-order valence-corrected chi connectivity index (χ3v) is 11.9. The maximum Gasteiger partial charge on any atom is 0.433 e. The predicted molar refractivity (Wildman–Crippen MR) is 174 cm³/mol. The zero-order valence-corrected chi connectivity index (χ0v) is 28.3. The lowest BCUT2D eigenvalue weighted by Crippen LogP contribution is -2.60. The number of aromatic nitrogens is 1. The highest BCUT2D eigenvalue weighted by Gasteiger charge is 2.77. The molecule has 2 aliphatic heterocycles. The van der Waals surface area contributed by atoms with Crippen molar-refractivity contribution < 1.29 is 41.8 Å². The lowest BCUT2D eigenvalue weighted by atomic mass is 9.56. The maximum absolute atomic E-state index is 14.4. The van der Waals surface area contributed by atoms with Crippen LogP contribution in [0.4, 0.5) is 29.1 Å². The Labute approximate surface area is 297 Å². The quantitative estimate of drug-likeness (QED) is 0.140. The van der Waals surface area contributed by atoms with Crippen molar-refractivity contribution in [3.63, 3.8) is 0 Å². The van der Waals surface area contributed by atoms with Gasteiger partial charge in [-0.2, -0.15) is 18.2 Å². The van der Waals surface area contributed by atoms with E-state index in [1.54, 1.807) is 25.1 Å². The van der Waals surface area contributed by atoms with Crippen molar-refractivity contribution in [2.75, 3.05) is 17.0 Å². The molecule has 0 unspecified atom stereocenters. The number of para-hydroxylation sites is 1. The number of halogens is 7. The standard InChI is InChI=1S/C34H25Cl3F4N4O5/c1-15-4-3-5-20(26(15)46)25-18-10-11-19-24(29(48)45(28(19)47)43(2)27-22(35)12-13-23(42-27)34(39,40)41)21(18)14-32(36)30(49)44(31(50)33(25,32)37)17-8-6-16(38)7-9-17/h3-10,12-13,19,21,24-25,46H,11,14H2,1-2H3/t19-,21+,24-,25+,32+,33-/m0/s1. The van der Waals surface area contributed by atoms with Crippen LogP contribution in [0.1, 0.15) is 35.6 Å². The largest absolute Gasteiger partial charge is 0.507 e. The molecule has 0 spiro atoms. The molecule has 4 aliphatic rings. The Hall–Kier alpha value is -4.20. The third-order valence-electron chi connectivity index (χ3n) is 10.2. The normalized spacial score (nSPS) is 29.2. The number of allylic oxidation sites excluding steroid dienone is 2. The van der Waals surface area contributed by atoms with Gasteiger partial charge in [0, 0.05) is 18.5 Å². The lowest BCUT2D eigenvalue weighted by molar-refractivity contribution is -0.141. The van der Waals surface area contributed by atoms with Crippen LogP contribution in [0.3, 0.4) is 0 Å². The van der Waals surface area contributed by atoms with E-state index < -0.39 is 87.0 Å². The number of aromatic hydroxyl groups is 1. The predicted octanol–water partition coefficient (Wildman–Crippen LogP) is 6.52. The second kappa shape index (κ2) is 11.4. The number of carbonyl (C=O) groups is 4. The molecule has 16 heteroatoms. The van der Waals surface area contributed by atoms with Crippen LogP contribution in [0.2, 0.25) is 5.02 Å². The minimum absolute atomic E-state index is 0.0109. The van der Waals surface area contributed by atoms with E-state index in [2.05, 4.69) is 4.98 Å². The summed E-state index contributed by atoms with van der Waals surface area (Å²) in [6.07, 6.45) is -3.67. The highest BCUT2D eigenvalue weighted by Crippen LogP contribution is 2.66. The summed E-state index contributed by atoms with van der Waals surface area (Å²) in [5, 5.41) is 12.6. The topological polar surface area (TPSA) is 111 Å². The van der Waals surface area contributed by atoms with Gasteiger partial charge in [-0.3, -0.25) is 24.2 Å². The molecule has 4 amide bonds. The number of fused-ring (bicyclic) bond motifs is 4. The minimum atomic E-state index is -4.85. The van der Waals surface area contributed by atoms with Crippen molar-refractivity contribution in [3.05, 3.63) is 93.9 Å². The van der Waals surface area contributed by atoms with E-state index in [1.807, 2.05) is 0 Å². The summed E-state index contributed by atoms with van der Waals surface area (Å²) < 4.78 is 54.5. The van der Waals surface area contributed by atoms with Crippen molar-refractivity contribution >= 4 is 69.9 Å². The Balaban J connectivity index is 1.36. The third kappa shape index (κ3) is 4.62. The first kappa shape index (κ1) is 34.3. The smallest absolute Gasteiger partial charge is 0.433 e. The Morgan fingerprint density at radius 1 is 0.960 bits per heavy atom. The molecule has 50 heavy (non-hydrogen) atoms. The molecule has 260 valence electrons. The molecular formula is C34H25Cl3F4N4O5. The van der Waals surface area contributed by atoms with Crippen molar-refractivity contribution in [3.8, 4) is 5.75 Å². The second-order valence-electron chi connectivity index (χ2n) is 12.8. The van der Waals surface area contributed by atoms with Gasteiger partial charge in [0.05, 0.1) is 22.5 Å². The number of anilines is 2. The van der Waals surface area contributed by atoms with Crippen LogP contribution >= 0.6 is 34.8 Å². The molecule has 0 bridgehead atoms. The zero-order valence-electron chi connectivity index (χ0n) is 26.0. The van der Waals surface area contributed by atoms with E-state index in [0.29, 0.717) is 22.2 Å². The molecule has 1 aromatic heterocycles.